The van der Waals surface area contributed by atoms with Crippen molar-refractivity contribution in [2.45, 2.75) is 19.9 Å². The molecule has 0 spiro atoms. The van der Waals surface area contributed by atoms with Gasteiger partial charge in [0.25, 0.3) is 5.91 Å². The molecule has 1 aromatic rings. The summed E-state index contributed by atoms with van der Waals surface area (Å²) >= 11 is 0. The normalized spacial score (nSPS) is 9.68. The van der Waals surface area contributed by atoms with E-state index in [4.69, 9.17) is 10.00 Å². The monoisotopic (exact) mass is 262 g/mol. The van der Waals surface area contributed by atoms with Crippen LogP contribution in [0, 0.1) is 11.3 Å². The van der Waals surface area contributed by atoms with Crippen LogP contribution in [0.15, 0.2) is 18.3 Å². The van der Waals surface area contributed by atoms with Crippen LogP contribution in [0.2, 0.25) is 0 Å². The van der Waals surface area contributed by atoms with Crippen molar-refractivity contribution < 1.29 is 9.53 Å². The van der Waals surface area contributed by atoms with Crippen molar-refractivity contribution in [3.8, 4) is 11.8 Å². The first kappa shape index (κ1) is 14.9. The molecule has 0 unspecified atom stereocenters. The fourth-order valence-electron chi connectivity index (χ4n) is 1.33. The van der Waals surface area contributed by atoms with Gasteiger partial charge in [-0.3, -0.25) is 9.78 Å². The van der Waals surface area contributed by atoms with Crippen LogP contribution in [0.25, 0.3) is 0 Å². The van der Waals surface area contributed by atoms with Crippen LogP contribution in [0.3, 0.4) is 0 Å². The second-order valence-electron chi connectivity index (χ2n) is 3.89. The topological polar surface area (TPSA) is 87.0 Å². The van der Waals surface area contributed by atoms with Gasteiger partial charge in [0.15, 0.2) is 6.61 Å². The molecular formula is C13H18N4O2. The molecule has 1 amide bonds. The molecule has 1 rings (SSSR count). The number of hydrogen-bond donors (Lipinski definition) is 2. The van der Waals surface area contributed by atoms with Gasteiger partial charge in [-0.25, -0.2) is 0 Å². The van der Waals surface area contributed by atoms with E-state index in [0.29, 0.717) is 5.75 Å². The molecular weight excluding hydrogens is 244 g/mol. The minimum Gasteiger partial charge on any atom is -0.482 e. The summed E-state index contributed by atoms with van der Waals surface area (Å²) in [6, 6.07) is 5.45. The molecule has 6 heteroatoms. The highest BCUT2D eigenvalue weighted by Gasteiger charge is 2.02. The number of carbonyl (C=O) groups excluding carboxylic acids is 1. The molecule has 0 atom stereocenters. The van der Waals surface area contributed by atoms with Crippen molar-refractivity contribution in [2.24, 2.45) is 0 Å². The van der Waals surface area contributed by atoms with E-state index in [9.17, 15) is 4.79 Å². The van der Waals surface area contributed by atoms with Crippen molar-refractivity contribution in [3.63, 3.8) is 0 Å². The molecule has 19 heavy (non-hydrogen) atoms. The smallest absolute Gasteiger partial charge is 0.258 e. The largest absolute Gasteiger partial charge is 0.482 e. The minimum atomic E-state index is -0.324. The van der Waals surface area contributed by atoms with Crippen LogP contribution >= 0.6 is 0 Å². The summed E-state index contributed by atoms with van der Waals surface area (Å²) in [5, 5.41) is 13.9. The number of nitrogens with one attached hydrogen (secondary N) is 2. The first-order valence-corrected chi connectivity index (χ1v) is 6.18. The first-order valence-electron chi connectivity index (χ1n) is 6.18. The summed E-state index contributed by atoms with van der Waals surface area (Å²) in [6.45, 7) is 3.66. The van der Waals surface area contributed by atoms with Crippen LogP contribution in [0.1, 0.15) is 19.0 Å². The fraction of sp³-hybridized carbons (Fsp3) is 0.462. The maximum absolute atomic E-state index is 11.2. The third-order valence-electron chi connectivity index (χ3n) is 2.27. The highest BCUT2D eigenvalue weighted by molar-refractivity contribution is 5.77. The highest BCUT2D eigenvalue weighted by atomic mass is 16.5. The van der Waals surface area contributed by atoms with Crippen LogP contribution in [0.4, 0.5) is 0 Å². The van der Waals surface area contributed by atoms with E-state index in [2.05, 4.69) is 22.5 Å². The van der Waals surface area contributed by atoms with E-state index in [1.807, 2.05) is 12.1 Å². The van der Waals surface area contributed by atoms with E-state index < -0.39 is 0 Å². The molecule has 6 nitrogen and oxygen atoms in total. The Balaban J connectivity index is 2.32. The number of pyridine rings is 1. The zero-order chi connectivity index (χ0) is 13.9. The van der Waals surface area contributed by atoms with Gasteiger partial charge in [-0.05, 0) is 25.1 Å². The average molecular weight is 262 g/mol. The third kappa shape index (κ3) is 6.38. The van der Waals surface area contributed by atoms with E-state index in [1.165, 1.54) is 0 Å². The Morgan fingerprint density at radius 1 is 1.53 bits per heavy atom. The number of aromatic nitrogens is 1. The molecule has 0 aromatic carbocycles. The van der Waals surface area contributed by atoms with Gasteiger partial charge < -0.3 is 15.4 Å². The second-order valence-corrected chi connectivity index (χ2v) is 3.89. The summed E-state index contributed by atoms with van der Waals surface area (Å²) in [7, 11) is 0. The molecule has 0 bridgehead atoms. The summed E-state index contributed by atoms with van der Waals surface area (Å²) < 4.78 is 5.24. The zero-order valence-electron chi connectivity index (χ0n) is 11.0. The second kappa shape index (κ2) is 8.89. The number of ether oxygens (including phenoxy) is 1. The number of carbonyl (C=O) groups is 1. The quantitative estimate of drug-likeness (QED) is 0.529. The van der Waals surface area contributed by atoms with E-state index in [-0.39, 0.29) is 19.1 Å². The van der Waals surface area contributed by atoms with Gasteiger partial charge in [-0.1, -0.05) is 6.92 Å². The summed E-state index contributed by atoms with van der Waals surface area (Å²) in [5.74, 6) is 0.210. The average Bonchev–Trinajstić information content (AvgIpc) is 2.44. The molecule has 0 aliphatic rings. The number of nitriles is 1. The Hall–Kier alpha value is -2.13. The van der Waals surface area contributed by atoms with Crippen LogP contribution in [-0.2, 0) is 11.3 Å². The Bertz CT molecular complexity index is 425. The van der Waals surface area contributed by atoms with Crippen molar-refractivity contribution in [1.82, 2.24) is 15.6 Å². The van der Waals surface area contributed by atoms with E-state index in [1.54, 1.807) is 12.3 Å². The van der Waals surface area contributed by atoms with Crippen molar-refractivity contribution >= 4 is 5.91 Å². The third-order valence-corrected chi connectivity index (χ3v) is 2.27. The van der Waals surface area contributed by atoms with Crippen LogP contribution < -0.4 is 15.4 Å². The van der Waals surface area contributed by atoms with Gasteiger partial charge >= 0.3 is 0 Å². The molecule has 0 saturated heterocycles. The SMILES string of the molecule is CCCNCc1ccc(OCC(=O)NCC#N)cn1. The Labute approximate surface area is 112 Å². The van der Waals surface area contributed by atoms with Gasteiger partial charge in [0.1, 0.15) is 12.3 Å². The van der Waals surface area contributed by atoms with Crippen molar-refractivity contribution in [1.29, 1.82) is 5.26 Å². The Morgan fingerprint density at radius 3 is 3.00 bits per heavy atom. The number of rotatable bonds is 8. The molecule has 0 aliphatic carbocycles. The van der Waals surface area contributed by atoms with Gasteiger partial charge in [-0.2, -0.15) is 5.26 Å². The van der Waals surface area contributed by atoms with Gasteiger partial charge in [-0.15, -0.1) is 0 Å². The van der Waals surface area contributed by atoms with Gasteiger partial charge in [0.2, 0.25) is 0 Å². The van der Waals surface area contributed by atoms with Crippen molar-refractivity contribution in [2.75, 3.05) is 19.7 Å². The maximum Gasteiger partial charge on any atom is 0.258 e. The number of amides is 1. The molecule has 0 aliphatic heterocycles. The summed E-state index contributed by atoms with van der Waals surface area (Å²) in [5.41, 5.74) is 0.926. The lowest BCUT2D eigenvalue weighted by Gasteiger charge is -2.06. The Kier molecular flexibility index (Phi) is 6.98. The highest BCUT2D eigenvalue weighted by Crippen LogP contribution is 2.08. The first-order chi connectivity index (χ1) is 9.26. The molecule has 1 heterocycles. The fourth-order valence-corrected chi connectivity index (χ4v) is 1.33. The Morgan fingerprint density at radius 2 is 2.37 bits per heavy atom. The lowest BCUT2D eigenvalue weighted by Crippen LogP contribution is -2.29. The number of nitrogens with zero attached hydrogens (tertiary/aromatic N) is 2. The van der Waals surface area contributed by atoms with Gasteiger partial charge in [0.05, 0.1) is 18.0 Å². The zero-order valence-corrected chi connectivity index (χ0v) is 11.0. The summed E-state index contributed by atoms with van der Waals surface area (Å²) in [4.78, 5) is 15.4. The lowest BCUT2D eigenvalue weighted by atomic mass is 10.3. The predicted octanol–water partition coefficient (Wildman–Crippen LogP) is 0.600. The molecule has 102 valence electrons. The van der Waals surface area contributed by atoms with Crippen LogP contribution in [0.5, 0.6) is 5.75 Å². The standard InChI is InChI=1S/C13H18N4O2/c1-2-6-15-8-11-3-4-12(9-17-11)19-10-13(18)16-7-5-14/h3-4,9,15H,2,6-8,10H2,1H3,(H,16,18). The molecule has 1 aromatic heterocycles. The summed E-state index contributed by atoms with van der Waals surface area (Å²) in [6.07, 6.45) is 2.67. The molecule has 2 N–H and O–H groups in total. The molecule has 0 radical (unpaired) electrons. The predicted molar refractivity (Wildman–Crippen MR) is 70.4 cm³/mol. The molecule has 0 saturated carbocycles. The van der Waals surface area contributed by atoms with Gasteiger partial charge in [0, 0.05) is 6.54 Å². The number of hydrogen-bond acceptors (Lipinski definition) is 5. The molecule has 0 fully saturated rings. The van der Waals surface area contributed by atoms with Crippen LogP contribution in [-0.4, -0.2) is 30.6 Å². The lowest BCUT2D eigenvalue weighted by molar-refractivity contribution is -0.122. The van der Waals surface area contributed by atoms with E-state index in [0.717, 1.165) is 25.2 Å². The minimum absolute atomic E-state index is 0.0114. The maximum atomic E-state index is 11.2. The van der Waals surface area contributed by atoms with Crippen molar-refractivity contribution in [3.05, 3.63) is 24.0 Å². The van der Waals surface area contributed by atoms with E-state index >= 15 is 0 Å².